The molecule has 0 saturated heterocycles. The minimum Gasteiger partial charge on any atom is -0.349 e. The molecule has 0 aliphatic carbocycles. The summed E-state index contributed by atoms with van der Waals surface area (Å²) in [6.45, 7) is 6.10. The van der Waals surface area contributed by atoms with Gasteiger partial charge in [0.05, 0.1) is 11.4 Å². The zero-order valence-electron chi connectivity index (χ0n) is 19.9. The molecule has 0 aliphatic rings. The lowest BCUT2D eigenvalue weighted by Crippen LogP contribution is -2.23. The number of hydrogen-bond acceptors (Lipinski definition) is 4. The second-order valence-electron chi connectivity index (χ2n) is 8.66. The summed E-state index contributed by atoms with van der Waals surface area (Å²) in [6.07, 6.45) is 0.946. The average Bonchev–Trinajstić information content (AvgIpc) is 3.22. The molecule has 1 amide bonds. The van der Waals surface area contributed by atoms with Gasteiger partial charge in [-0.15, -0.1) is 0 Å². The molecule has 2 heterocycles. The first-order chi connectivity index (χ1) is 16.9. The number of carbonyl (C=O) groups is 1. The molecule has 0 unspecified atom stereocenters. The summed E-state index contributed by atoms with van der Waals surface area (Å²) in [5, 5.41) is 4.30. The minimum atomic E-state index is -0.186. The topological polar surface area (TPSA) is 79.8 Å². The first-order valence-corrected chi connectivity index (χ1v) is 12.5. The number of amides is 1. The van der Waals surface area contributed by atoms with Crippen molar-refractivity contribution in [1.82, 2.24) is 14.5 Å². The molecule has 2 N–H and O–H groups in total. The van der Waals surface area contributed by atoms with E-state index in [-0.39, 0.29) is 17.2 Å². The Kier molecular flexibility index (Phi) is 6.17. The van der Waals surface area contributed by atoms with E-state index >= 15 is 0 Å². The number of rotatable bonds is 6. The van der Waals surface area contributed by atoms with Gasteiger partial charge in [0.15, 0.2) is 5.16 Å². The Morgan fingerprint density at radius 3 is 2.46 bits per heavy atom. The second-order valence-corrected chi connectivity index (χ2v) is 9.60. The summed E-state index contributed by atoms with van der Waals surface area (Å²) < 4.78 is 1.60. The highest BCUT2D eigenvalue weighted by atomic mass is 32.2. The van der Waals surface area contributed by atoms with Crippen LogP contribution in [0.15, 0.2) is 76.7 Å². The van der Waals surface area contributed by atoms with E-state index in [0.29, 0.717) is 16.2 Å². The number of thioether (sulfide) groups is 1. The SMILES string of the molecule is CCc1ccc(NC(=O)CSc2nc3c([nH]c4ccccc43)c(=O)n2-c2cc(C)cc(C)c2)cc1. The van der Waals surface area contributed by atoms with Crippen molar-refractivity contribution in [3.05, 3.63) is 93.8 Å². The van der Waals surface area contributed by atoms with Crippen LogP contribution >= 0.6 is 11.8 Å². The molecule has 0 spiro atoms. The van der Waals surface area contributed by atoms with Crippen molar-refractivity contribution in [2.45, 2.75) is 32.3 Å². The molecule has 2 aromatic heterocycles. The van der Waals surface area contributed by atoms with Crippen LogP contribution in [0.5, 0.6) is 0 Å². The number of carbonyl (C=O) groups excluding carboxylic acids is 1. The van der Waals surface area contributed by atoms with E-state index in [1.807, 2.05) is 74.5 Å². The van der Waals surface area contributed by atoms with E-state index in [9.17, 15) is 9.59 Å². The Labute approximate surface area is 207 Å². The quantitative estimate of drug-likeness (QED) is 0.238. The van der Waals surface area contributed by atoms with Crippen LogP contribution in [0.2, 0.25) is 0 Å². The second kappa shape index (κ2) is 9.43. The summed E-state index contributed by atoms with van der Waals surface area (Å²) in [7, 11) is 0. The molecule has 3 aromatic carbocycles. The molecule has 6 nitrogen and oxygen atoms in total. The van der Waals surface area contributed by atoms with E-state index in [1.54, 1.807) is 4.57 Å². The fourth-order valence-corrected chi connectivity index (χ4v) is 5.10. The van der Waals surface area contributed by atoms with Gasteiger partial charge >= 0.3 is 0 Å². The van der Waals surface area contributed by atoms with Gasteiger partial charge in [0.1, 0.15) is 11.0 Å². The molecule has 0 fully saturated rings. The van der Waals surface area contributed by atoms with Gasteiger partial charge < -0.3 is 10.3 Å². The fraction of sp³-hybridized carbons (Fsp3) is 0.179. The number of nitrogens with zero attached hydrogens (tertiary/aromatic N) is 2. The number of anilines is 1. The van der Waals surface area contributed by atoms with Gasteiger partial charge in [-0.2, -0.15) is 0 Å². The number of aromatic amines is 1. The summed E-state index contributed by atoms with van der Waals surface area (Å²) in [5.41, 5.74) is 6.54. The predicted molar refractivity (Wildman–Crippen MR) is 144 cm³/mol. The molecule has 7 heteroatoms. The van der Waals surface area contributed by atoms with Gasteiger partial charge in [0.2, 0.25) is 5.91 Å². The van der Waals surface area contributed by atoms with Gasteiger partial charge in [-0.05, 0) is 67.3 Å². The molecule has 5 rings (SSSR count). The number of nitrogens with one attached hydrogen (secondary N) is 2. The largest absolute Gasteiger partial charge is 0.349 e. The third-order valence-electron chi connectivity index (χ3n) is 5.94. The van der Waals surface area contributed by atoms with E-state index in [4.69, 9.17) is 4.98 Å². The smallest absolute Gasteiger partial charge is 0.283 e. The lowest BCUT2D eigenvalue weighted by molar-refractivity contribution is -0.113. The number of hydrogen-bond donors (Lipinski definition) is 2. The molecular formula is C28H26N4O2S. The Bertz CT molecular complexity index is 1600. The highest BCUT2D eigenvalue weighted by Crippen LogP contribution is 2.27. The van der Waals surface area contributed by atoms with Crippen molar-refractivity contribution in [2.75, 3.05) is 11.1 Å². The molecular weight excluding hydrogens is 456 g/mol. The van der Waals surface area contributed by atoms with Crippen molar-refractivity contribution < 1.29 is 4.79 Å². The lowest BCUT2D eigenvalue weighted by Gasteiger charge is -2.14. The molecule has 5 aromatic rings. The van der Waals surface area contributed by atoms with Crippen LogP contribution in [0.1, 0.15) is 23.6 Å². The van der Waals surface area contributed by atoms with Gasteiger partial charge in [-0.1, -0.05) is 55.1 Å². The zero-order chi connectivity index (χ0) is 24.5. The molecule has 0 radical (unpaired) electrons. The van der Waals surface area contributed by atoms with Crippen molar-refractivity contribution in [1.29, 1.82) is 0 Å². The highest BCUT2D eigenvalue weighted by molar-refractivity contribution is 7.99. The number of para-hydroxylation sites is 1. The Morgan fingerprint density at radius 2 is 1.74 bits per heavy atom. The number of fused-ring (bicyclic) bond motifs is 3. The van der Waals surface area contributed by atoms with Crippen LogP contribution in [0, 0.1) is 13.8 Å². The summed E-state index contributed by atoms with van der Waals surface area (Å²) in [4.78, 5) is 34.6. The van der Waals surface area contributed by atoms with Gasteiger partial charge in [-0.25, -0.2) is 4.98 Å². The van der Waals surface area contributed by atoms with Crippen LogP contribution in [0.25, 0.3) is 27.6 Å². The number of benzene rings is 3. The van der Waals surface area contributed by atoms with Crippen molar-refractivity contribution in [3.63, 3.8) is 0 Å². The van der Waals surface area contributed by atoms with Crippen LogP contribution in [-0.2, 0) is 11.2 Å². The predicted octanol–water partition coefficient (Wildman–Crippen LogP) is 5.78. The maximum atomic E-state index is 13.7. The monoisotopic (exact) mass is 482 g/mol. The van der Waals surface area contributed by atoms with Crippen molar-refractivity contribution in [2.24, 2.45) is 0 Å². The molecule has 0 aliphatic heterocycles. The molecule has 35 heavy (non-hydrogen) atoms. The van der Waals surface area contributed by atoms with Crippen molar-refractivity contribution >= 4 is 45.3 Å². The van der Waals surface area contributed by atoms with E-state index in [2.05, 4.69) is 23.3 Å². The average molecular weight is 483 g/mol. The number of aromatic nitrogens is 3. The molecule has 0 saturated carbocycles. The van der Waals surface area contributed by atoms with E-state index in [1.165, 1.54) is 17.3 Å². The Balaban J connectivity index is 1.54. The first-order valence-electron chi connectivity index (χ1n) is 11.6. The van der Waals surface area contributed by atoms with E-state index < -0.39 is 0 Å². The number of aryl methyl sites for hydroxylation is 3. The van der Waals surface area contributed by atoms with Crippen LogP contribution in [0.4, 0.5) is 5.69 Å². The third-order valence-corrected chi connectivity index (χ3v) is 6.88. The first kappa shape index (κ1) is 22.9. The van der Waals surface area contributed by atoms with Gasteiger partial charge in [0, 0.05) is 16.6 Å². The van der Waals surface area contributed by atoms with E-state index in [0.717, 1.165) is 39.8 Å². The molecule has 0 atom stereocenters. The standard InChI is InChI=1S/C28H26N4O2S/c1-4-19-9-11-20(12-10-19)29-24(33)16-35-28-31-25-22-7-5-6-8-23(22)30-26(25)27(34)32(28)21-14-17(2)13-18(3)15-21/h5-15,30H,4,16H2,1-3H3,(H,29,33). The normalized spacial score (nSPS) is 11.3. The number of H-pyrrole nitrogens is 1. The Morgan fingerprint density at radius 1 is 1.03 bits per heavy atom. The third kappa shape index (κ3) is 4.59. The Hall–Kier alpha value is -3.84. The minimum absolute atomic E-state index is 0.126. The maximum Gasteiger partial charge on any atom is 0.283 e. The van der Waals surface area contributed by atoms with Gasteiger partial charge in [0.25, 0.3) is 5.56 Å². The van der Waals surface area contributed by atoms with Gasteiger partial charge in [-0.3, -0.25) is 14.2 Å². The molecule has 176 valence electrons. The summed E-state index contributed by atoms with van der Waals surface area (Å²) in [6, 6.07) is 21.5. The summed E-state index contributed by atoms with van der Waals surface area (Å²) >= 11 is 1.26. The highest BCUT2D eigenvalue weighted by Gasteiger charge is 2.18. The molecule has 0 bridgehead atoms. The van der Waals surface area contributed by atoms with Crippen LogP contribution in [-0.4, -0.2) is 26.2 Å². The maximum absolute atomic E-state index is 13.7. The fourth-order valence-electron chi connectivity index (χ4n) is 4.30. The lowest BCUT2D eigenvalue weighted by atomic mass is 10.1. The van der Waals surface area contributed by atoms with Crippen LogP contribution < -0.4 is 10.9 Å². The summed E-state index contributed by atoms with van der Waals surface area (Å²) in [5.74, 6) is -0.0276. The van der Waals surface area contributed by atoms with Crippen molar-refractivity contribution in [3.8, 4) is 5.69 Å². The van der Waals surface area contributed by atoms with Crippen LogP contribution in [0.3, 0.4) is 0 Å². The zero-order valence-corrected chi connectivity index (χ0v) is 20.7.